The van der Waals surface area contributed by atoms with Crippen LogP contribution in [-0.4, -0.2) is 14.9 Å². The SMILES string of the molecule is Oc1ccc(-c2nn(C3CCCC3)c3c(-c4ccccc4Cl)cccc23)cc1. The smallest absolute Gasteiger partial charge is 0.115 e. The normalized spacial score (nSPS) is 14.8. The summed E-state index contributed by atoms with van der Waals surface area (Å²) < 4.78 is 2.23. The highest BCUT2D eigenvalue weighted by Gasteiger charge is 2.24. The minimum Gasteiger partial charge on any atom is -0.508 e. The Hall–Kier alpha value is -2.78. The number of benzene rings is 3. The van der Waals surface area contributed by atoms with E-state index in [0.717, 1.165) is 51.2 Å². The van der Waals surface area contributed by atoms with Crippen molar-refractivity contribution >= 4 is 22.5 Å². The first kappa shape index (κ1) is 17.3. The molecule has 0 aliphatic heterocycles. The molecule has 1 heterocycles. The van der Waals surface area contributed by atoms with Crippen molar-refractivity contribution in [1.82, 2.24) is 9.78 Å². The minimum atomic E-state index is 0.264. The Balaban J connectivity index is 1.81. The molecule has 1 aliphatic rings. The number of aromatic hydroxyl groups is 1. The molecule has 4 heteroatoms. The predicted molar refractivity (Wildman–Crippen MR) is 115 cm³/mol. The zero-order valence-electron chi connectivity index (χ0n) is 15.5. The average Bonchev–Trinajstić information content (AvgIpc) is 3.37. The topological polar surface area (TPSA) is 38.1 Å². The number of nitrogens with zero attached hydrogens (tertiary/aromatic N) is 2. The van der Waals surface area contributed by atoms with E-state index in [0.29, 0.717) is 6.04 Å². The molecule has 0 spiro atoms. The number of phenolic OH excluding ortho intramolecular Hbond substituents is 1. The summed E-state index contributed by atoms with van der Waals surface area (Å²) >= 11 is 6.55. The van der Waals surface area contributed by atoms with Gasteiger partial charge in [0.2, 0.25) is 0 Å². The van der Waals surface area contributed by atoms with Crippen LogP contribution in [0.15, 0.2) is 66.7 Å². The standard InChI is InChI=1S/C24H21ClN2O/c25-22-11-4-3-8-19(22)20-9-5-10-21-23(16-12-14-18(28)15-13-16)26-27(24(20)21)17-6-1-2-7-17/h3-5,8-15,17,28H,1-2,6-7H2. The number of fused-ring (bicyclic) bond motifs is 1. The maximum atomic E-state index is 9.68. The van der Waals surface area contributed by atoms with Crippen LogP contribution in [0.2, 0.25) is 5.02 Å². The van der Waals surface area contributed by atoms with E-state index in [2.05, 4.69) is 28.9 Å². The van der Waals surface area contributed by atoms with Crippen molar-refractivity contribution in [3.05, 3.63) is 71.8 Å². The van der Waals surface area contributed by atoms with Gasteiger partial charge in [-0.3, -0.25) is 4.68 Å². The van der Waals surface area contributed by atoms with Gasteiger partial charge in [-0.15, -0.1) is 0 Å². The van der Waals surface area contributed by atoms with Crippen LogP contribution in [0.3, 0.4) is 0 Å². The summed E-state index contributed by atoms with van der Waals surface area (Å²) in [5.41, 5.74) is 5.26. The van der Waals surface area contributed by atoms with Crippen molar-refractivity contribution in [3.8, 4) is 28.1 Å². The molecular weight excluding hydrogens is 368 g/mol. The van der Waals surface area contributed by atoms with E-state index in [1.54, 1.807) is 12.1 Å². The van der Waals surface area contributed by atoms with Crippen molar-refractivity contribution in [1.29, 1.82) is 0 Å². The van der Waals surface area contributed by atoms with Crippen LogP contribution in [-0.2, 0) is 0 Å². The minimum absolute atomic E-state index is 0.264. The van der Waals surface area contributed by atoms with E-state index < -0.39 is 0 Å². The van der Waals surface area contributed by atoms with Gasteiger partial charge in [-0.05, 0) is 43.2 Å². The molecule has 0 amide bonds. The lowest BCUT2D eigenvalue weighted by atomic mass is 10.00. The molecule has 1 aliphatic carbocycles. The van der Waals surface area contributed by atoms with E-state index >= 15 is 0 Å². The van der Waals surface area contributed by atoms with Gasteiger partial charge in [-0.2, -0.15) is 5.10 Å². The van der Waals surface area contributed by atoms with Crippen molar-refractivity contribution in [2.45, 2.75) is 31.7 Å². The van der Waals surface area contributed by atoms with Gasteiger partial charge in [0, 0.05) is 27.1 Å². The lowest BCUT2D eigenvalue weighted by Crippen LogP contribution is -2.07. The van der Waals surface area contributed by atoms with Gasteiger partial charge in [0.05, 0.1) is 11.6 Å². The third-order valence-electron chi connectivity index (χ3n) is 5.70. The number of para-hydroxylation sites is 1. The fourth-order valence-corrected chi connectivity index (χ4v) is 4.57. The monoisotopic (exact) mass is 388 g/mol. The maximum Gasteiger partial charge on any atom is 0.115 e. The maximum absolute atomic E-state index is 9.68. The second-order valence-corrected chi connectivity index (χ2v) is 7.87. The summed E-state index contributed by atoms with van der Waals surface area (Å²) in [4.78, 5) is 0. The summed E-state index contributed by atoms with van der Waals surface area (Å²) in [6.45, 7) is 0. The van der Waals surface area contributed by atoms with Crippen molar-refractivity contribution in [2.75, 3.05) is 0 Å². The number of hydrogen-bond donors (Lipinski definition) is 1. The summed E-state index contributed by atoms with van der Waals surface area (Å²) in [5.74, 6) is 0.264. The Morgan fingerprint density at radius 3 is 2.32 bits per heavy atom. The predicted octanol–water partition coefficient (Wildman–Crippen LogP) is 6.84. The quantitative estimate of drug-likeness (QED) is 0.417. The van der Waals surface area contributed by atoms with Gasteiger partial charge < -0.3 is 5.11 Å². The molecule has 0 radical (unpaired) electrons. The summed E-state index contributed by atoms with van der Waals surface area (Å²) in [7, 11) is 0. The number of phenols is 1. The Bertz CT molecular complexity index is 1140. The van der Waals surface area contributed by atoms with Crippen molar-refractivity contribution < 1.29 is 5.11 Å². The molecule has 3 nitrogen and oxygen atoms in total. The van der Waals surface area contributed by atoms with Crippen LogP contribution in [0.25, 0.3) is 33.3 Å². The molecular formula is C24H21ClN2O. The number of rotatable bonds is 3. The lowest BCUT2D eigenvalue weighted by Gasteiger charge is -2.14. The molecule has 0 saturated heterocycles. The lowest BCUT2D eigenvalue weighted by molar-refractivity contribution is 0.475. The molecule has 4 aromatic rings. The number of aromatic nitrogens is 2. The second kappa shape index (κ2) is 6.99. The molecule has 1 fully saturated rings. The summed E-state index contributed by atoms with van der Waals surface area (Å²) in [6.07, 6.45) is 4.80. The van der Waals surface area contributed by atoms with Crippen molar-refractivity contribution in [2.24, 2.45) is 0 Å². The van der Waals surface area contributed by atoms with Crippen LogP contribution in [0.5, 0.6) is 5.75 Å². The third kappa shape index (κ3) is 2.87. The Kier molecular flexibility index (Phi) is 4.33. The fourth-order valence-electron chi connectivity index (χ4n) is 4.34. The molecule has 0 atom stereocenters. The first-order valence-corrected chi connectivity index (χ1v) is 10.2. The van der Waals surface area contributed by atoms with Crippen molar-refractivity contribution in [3.63, 3.8) is 0 Å². The fraction of sp³-hybridized carbons (Fsp3) is 0.208. The van der Waals surface area contributed by atoms with Gasteiger partial charge in [0.25, 0.3) is 0 Å². The van der Waals surface area contributed by atoms with E-state index in [1.807, 2.05) is 30.3 Å². The summed E-state index contributed by atoms with van der Waals surface area (Å²) in [6, 6.07) is 22.0. The average molecular weight is 389 g/mol. The molecule has 140 valence electrons. The first-order valence-electron chi connectivity index (χ1n) is 9.78. The molecule has 1 aromatic heterocycles. The Labute approximate surface area is 169 Å². The van der Waals surface area contributed by atoms with E-state index in [1.165, 1.54) is 12.8 Å². The van der Waals surface area contributed by atoms with Crippen LogP contribution in [0.1, 0.15) is 31.7 Å². The Morgan fingerprint density at radius 1 is 0.857 bits per heavy atom. The summed E-state index contributed by atoms with van der Waals surface area (Å²) in [5, 5.41) is 16.6. The molecule has 3 aromatic carbocycles. The highest BCUT2D eigenvalue weighted by atomic mass is 35.5. The molecule has 1 saturated carbocycles. The first-order chi connectivity index (χ1) is 13.7. The molecule has 1 N–H and O–H groups in total. The van der Waals surface area contributed by atoms with E-state index in [9.17, 15) is 5.11 Å². The van der Waals surface area contributed by atoms with Crippen LogP contribution in [0.4, 0.5) is 0 Å². The molecule has 5 rings (SSSR count). The Morgan fingerprint density at radius 2 is 1.57 bits per heavy atom. The zero-order valence-corrected chi connectivity index (χ0v) is 16.2. The van der Waals surface area contributed by atoms with Crippen LogP contribution < -0.4 is 0 Å². The highest BCUT2D eigenvalue weighted by molar-refractivity contribution is 6.33. The van der Waals surface area contributed by atoms with E-state index in [-0.39, 0.29) is 5.75 Å². The van der Waals surface area contributed by atoms with Crippen LogP contribution in [0, 0.1) is 0 Å². The van der Waals surface area contributed by atoms with E-state index in [4.69, 9.17) is 16.7 Å². The van der Waals surface area contributed by atoms with Gasteiger partial charge in [0.1, 0.15) is 11.4 Å². The number of halogens is 1. The molecule has 28 heavy (non-hydrogen) atoms. The second-order valence-electron chi connectivity index (χ2n) is 7.46. The largest absolute Gasteiger partial charge is 0.508 e. The number of hydrogen-bond acceptors (Lipinski definition) is 2. The van der Waals surface area contributed by atoms with Gasteiger partial charge >= 0.3 is 0 Å². The molecule has 0 bridgehead atoms. The van der Waals surface area contributed by atoms with Gasteiger partial charge in [-0.25, -0.2) is 0 Å². The zero-order chi connectivity index (χ0) is 19.1. The third-order valence-corrected chi connectivity index (χ3v) is 6.03. The molecule has 0 unspecified atom stereocenters. The van der Waals surface area contributed by atoms with Gasteiger partial charge in [0.15, 0.2) is 0 Å². The van der Waals surface area contributed by atoms with Crippen LogP contribution >= 0.6 is 11.6 Å². The highest BCUT2D eigenvalue weighted by Crippen LogP contribution is 2.41. The van der Waals surface area contributed by atoms with Gasteiger partial charge in [-0.1, -0.05) is 60.8 Å².